The van der Waals surface area contributed by atoms with Gasteiger partial charge in [0.1, 0.15) is 5.65 Å². The minimum atomic E-state index is -3.52. The molecule has 0 aliphatic heterocycles. The summed E-state index contributed by atoms with van der Waals surface area (Å²) < 4.78 is 26.4. The highest BCUT2D eigenvalue weighted by Crippen LogP contribution is 2.31. The number of nitrogens with zero attached hydrogens (tertiary/aromatic N) is 4. The van der Waals surface area contributed by atoms with E-state index in [1.807, 2.05) is 12.1 Å². The predicted molar refractivity (Wildman–Crippen MR) is 116 cm³/mol. The number of hydrogen-bond acceptors (Lipinski definition) is 5. The van der Waals surface area contributed by atoms with Gasteiger partial charge in [-0.1, -0.05) is 6.07 Å². The fourth-order valence-electron chi connectivity index (χ4n) is 3.67. The van der Waals surface area contributed by atoms with Crippen molar-refractivity contribution in [2.24, 2.45) is 0 Å². The molecule has 29 heavy (non-hydrogen) atoms. The van der Waals surface area contributed by atoms with E-state index in [2.05, 4.69) is 63.8 Å². The number of aryl methyl sites for hydroxylation is 2. The van der Waals surface area contributed by atoms with E-state index in [1.165, 1.54) is 11.1 Å². The van der Waals surface area contributed by atoms with Gasteiger partial charge in [-0.25, -0.2) is 18.4 Å². The quantitative estimate of drug-likeness (QED) is 0.493. The Morgan fingerprint density at radius 2 is 1.93 bits per heavy atom. The monoisotopic (exact) mass is 411 g/mol. The Bertz CT molecular complexity index is 1300. The fourth-order valence-corrected chi connectivity index (χ4v) is 4.19. The van der Waals surface area contributed by atoms with Crippen LogP contribution in [0.2, 0.25) is 0 Å². The molecule has 3 aromatic heterocycles. The van der Waals surface area contributed by atoms with Crippen molar-refractivity contribution < 1.29 is 8.42 Å². The van der Waals surface area contributed by atoms with Gasteiger partial charge in [-0.05, 0) is 57.7 Å². The number of sulfone groups is 1. The van der Waals surface area contributed by atoms with E-state index in [-0.39, 0.29) is 5.16 Å². The highest BCUT2D eigenvalue weighted by molar-refractivity contribution is 7.90. The molecule has 0 bridgehead atoms. The van der Waals surface area contributed by atoms with Crippen molar-refractivity contribution >= 4 is 31.8 Å². The van der Waals surface area contributed by atoms with Gasteiger partial charge in [-0.3, -0.25) is 0 Å². The van der Waals surface area contributed by atoms with Crippen LogP contribution >= 0.6 is 0 Å². The second kappa shape index (κ2) is 7.27. The summed E-state index contributed by atoms with van der Waals surface area (Å²) in [6, 6.07) is 8.06. The van der Waals surface area contributed by atoms with Crippen LogP contribution in [-0.2, 0) is 16.4 Å². The third-order valence-electron chi connectivity index (χ3n) is 5.08. The average Bonchev–Trinajstić information content (AvgIpc) is 3.24. The molecule has 0 aliphatic rings. The van der Waals surface area contributed by atoms with E-state index < -0.39 is 9.84 Å². The van der Waals surface area contributed by atoms with Gasteiger partial charge in [-0.15, -0.1) is 0 Å². The summed E-state index contributed by atoms with van der Waals surface area (Å²) in [6.07, 6.45) is 6.13. The minimum absolute atomic E-state index is 0.166. The van der Waals surface area contributed by atoms with Crippen molar-refractivity contribution in [3.8, 4) is 11.3 Å². The molecule has 7 nitrogen and oxygen atoms in total. The summed E-state index contributed by atoms with van der Waals surface area (Å²) in [5, 5.41) is 1.79. The number of rotatable bonds is 6. The summed E-state index contributed by atoms with van der Waals surface area (Å²) in [5.74, 6) is 0. The largest absolute Gasteiger partial charge is 0.347 e. The number of aromatic amines is 1. The topological polar surface area (TPSA) is 83.9 Å². The number of hydrogen-bond donors (Lipinski definition) is 1. The number of aromatic nitrogens is 4. The first-order valence-electron chi connectivity index (χ1n) is 9.54. The lowest BCUT2D eigenvalue weighted by atomic mass is 10.1. The van der Waals surface area contributed by atoms with Crippen LogP contribution in [0, 0.1) is 6.92 Å². The lowest BCUT2D eigenvalue weighted by molar-refractivity contribution is 0.388. The van der Waals surface area contributed by atoms with Crippen LogP contribution in [0.25, 0.3) is 33.2 Å². The molecule has 0 fully saturated rings. The molecule has 1 aromatic carbocycles. The van der Waals surface area contributed by atoms with Crippen LogP contribution < -0.4 is 0 Å². The summed E-state index contributed by atoms with van der Waals surface area (Å²) in [6.45, 7) is 4.09. The molecule has 0 unspecified atom stereocenters. The molecule has 4 rings (SSSR count). The van der Waals surface area contributed by atoms with E-state index in [0.717, 1.165) is 42.1 Å². The van der Waals surface area contributed by atoms with Crippen molar-refractivity contribution in [2.45, 2.75) is 25.0 Å². The Kier molecular flexibility index (Phi) is 4.92. The third-order valence-corrected chi connectivity index (χ3v) is 5.93. The Balaban J connectivity index is 1.81. The SMILES string of the molecule is Cc1cn(CCCN(C)C)c2ccc(-c3nc(S(C)(=O)=O)nc4[nH]ccc34)cc12. The van der Waals surface area contributed by atoms with E-state index >= 15 is 0 Å². The third kappa shape index (κ3) is 3.77. The van der Waals surface area contributed by atoms with Crippen molar-refractivity contribution in [3.05, 3.63) is 42.2 Å². The maximum Gasteiger partial charge on any atom is 0.249 e. The molecule has 3 heterocycles. The van der Waals surface area contributed by atoms with E-state index in [0.29, 0.717) is 11.3 Å². The van der Waals surface area contributed by atoms with Gasteiger partial charge in [-0.2, -0.15) is 0 Å². The van der Waals surface area contributed by atoms with E-state index in [9.17, 15) is 8.42 Å². The van der Waals surface area contributed by atoms with E-state index in [1.54, 1.807) is 6.20 Å². The molecule has 0 saturated heterocycles. The first-order valence-corrected chi connectivity index (χ1v) is 11.4. The molecule has 0 aliphatic carbocycles. The van der Waals surface area contributed by atoms with Crippen LogP contribution in [0.3, 0.4) is 0 Å². The maximum atomic E-state index is 12.1. The zero-order valence-corrected chi connectivity index (χ0v) is 17.9. The molecule has 152 valence electrons. The molecule has 0 amide bonds. The second-order valence-electron chi connectivity index (χ2n) is 7.76. The smallest absolute Gasteiger partial charge is 0.249 e. The Hall–Kier alpha value is -2.71. The molecule has 1 N–H and O–H groups in total. The number of nitrogens with one attached hydrogen (secondary N) is 1. The average molecular weight is 412 g/mol. The van der Waals surface area contributed by atoms with Crippen molar-refractivity contribution in [3.63, 3.8) is 0 Å². The second-order valence-corrected chi connectivity index (χ2v) is 9.67. The molecule has 8 heteroatoms. The molecule has 0 saturated carbocycles. The van der Waals surface area contributed by atoms with Crippen LogP contribution in [0.5, 0.6) is 0 Å². The zero-order chi connectivity index (χ0) is 20.8. The normalized spacial score (nSPS) is 12.4. The van der Waals surface area contributed by atoms with Crippen molar-refractivity contribution in [1.82, 2.24) is 24.4 Å². The minimum Gasteiger partial charge on any atom is -0.347 e. The highest BCUT2D eigenvalue weighted by atomic mass is 32.2. The predicted octanol–water partition coefficient (Wildman–Crippen LogP) is 3.24. The van der Waals surface area contributed by atoms with Crippen LogP contribution in [0.15, 0.2) is 41.8 Å². The lowest BCUT2D eigenvalue weighted by Crippen LogP contribution is -2.14. The molecule has 0 atom stereocenters. The molecular weight excluding hydrogens is 386 g/mol. The highest BCUT2D eigenvalue weighted by Gasteiger charge is 2.18. The van der Waals surface area contributed by atoms with Crippen molar-refractivity contribution in [2.75, 3.05) is 26.9 Å². The fraction of sp³-hybridized carbons (Fsp3) is 0.333. The van der Waals surface area contributed by atoms with Gasteiger partial charge in [0.2, 0.25) is 15.0 Å². The summed E-state index contributed by atoms with van der Waals surface area (Å²) >= 11 is 0. The van der Waals surface area contributed by atoms with Crippen LogP contribution in [0.1, 0.15) is 12.0 Å². The molecule has 0 spiro atoms. The molecule has 4 aromatic rings. The molecular formula is C21H25N5O2S. The van der Waals surface area contributed by atoms with Gasteiger partial charge in [0.15, 0.2) is 0 Å². The van der Waals surface area contributed by atoms with Gasteiger partial charge < -0.3 is 14.5 Å². The van der Waals surface area contributed by atoms with Crippen LogP contribution in [-0.4, -0.2) is 59.7 Å². The number of H-pyrrole nitrogens is 1. The van der Waals surface area contributed by atoms with Gasteiger partial charge in [0, 0.05) is 47.0 Å². The van der Waals surface area contributed by atoms with Crippen LogP contribution in [0.4, 0.5) is 0 Å². The maximum absolute atomic E-state index is 12.1. The van der Waals surface area contributed by atoms with Crippen molar-refractivity contribution in [1.29, 1.82) is 0 Å². The van der Waals surface area contributed by atoms with Gasteiger partial charge in [0.25, 0.3) is 0 Å². The van der Waals surface area contributed by atoms with Gasteiger partial charge >= 0.3 is 0 Å². The lowest BCUT2D eigenvalue weighted by Gasteiger charge is -2.11. The van der Waals surface area contributed by atoms with Gasteiger partial charge in [0.05, 0.1) is 5.69 Å². The van der Waals surface area contributed by atoms with E-state index in [4.69, 9.17) is 0 Å². The molecule has 0 radical (unpaired) electrons. The standard InChI is InChI=1S/C21H25N5O2S/c1-14-13-26(11-5-10-25(2)3)18-7-6-15(12-17(14)18)19-16-8-9-22-20(16)24-21(23-19)29(4,27)28/h6-9,12-13H,5,10-11H2,1-4H3,(H,22,23,24). The number of fused-ring (bicyclic) bond motifs is 2. The first kappa shape index (κ1) is 19.6. The number of benzene rings is 1. The Morgan fingerprint density at radius 1 is 1.14 bits per heavy atom. The first-order chi connectivity index (χ1) is 13.7. The summed E-state index contributed by atoms with van der Waals surface area (Å²) in [4.78, 5) is 13.7. The zero-order valence-electron chi connectivity index (χ0n) is 17.1. The Labute approximate surface area is 170 Å². The summed E-state index contributed by atoms with van der Waals surface area (Å²) in [7, 11) is 0.649. The summed E-state index contributed by atoms with van der Waals surface area (Å²) in [5.41, 5.74) is 4.39. The Morgan fingerprint density at radius 3 is 2.66 bits per heavy atom.